The molecule has 3 aromatic heterocycles. The number of carbonyl (C=O) groups excluding carboxylic acids is 1. The fourth-order valence-electron chi connectivity index (χ4n) is 4.46. The molecule has 0 aliphatic carbocycles. The predicted octanol–water partition coefficient (Wildman–Crippen LogP) is 6.67. The van der Waals surface area contributed by atoms with Crippen molar-refractivity contribution in [3.63, 3.8) is 0 Å². The third kappa shape index (κ3) is 5.35. The molecule has 10 heteroatoms. The number of rotatable bonds is 6. The normalized spacial score (nSPS) is 15.2. The van der Waals surface area contributed by atoms with Crippen LogP contribution >= 0.6 is 34.5 Å². The van der Waals surface area contributed by atoms with E-state index in [1.165, 1.54) is 11.3 Å². The number of nitrogens with zero attached hydrogens (tertiary/aromatic N) is 3. The first-order valence-electron chi connectivity index (χ1n) is 11.6. The van der Waals surface area contributed by atoms with Crippen molar-refractivity contribution in [2.75, 3.05) is 13.1 Å². The number of ether oxygens (including phenoxy) is 1. The van der Waals surface area contributed by atoms with E-state index in [1.54, 1.807) is 0 Å². The summed E-state index contributed by atoms with van der Waals surface area (Å²) in [5.74, 6) is 1.03. The van der Waals surface area contributed by atoms with Gasteiger partial charge in [-0.05, 0) is 44.9 Å². The van der Waals surface area contributed by atoms with Gasteiger partial charge in [-0.25, -0.2) is 4.79 Å². The van der Waals surface area contributed by atoms with Gasteiger partial charge in [0.05, 0.1) is 26.3 Å². The van der Waals surface area contributed by atoms with E-state index in [0.717, 1.165) is 41.7 Å². The van der Waals surface area contributed by atoms with E-state index in [-0.39, 0.29) is 6.04 Å². The van der Waals surface area contributed by atoms with Crippen LogP contribution in [0, 0.1) is 0 Å². The number of para-hydroxylation sites is 1. The Morgan fingerprint density at radius 3 is 2.74 bits per heavy atom. The molecule has 1 aliphatic rings. The first-order chi connectivity index (χ1) is 16.9. The van der Waals surface area contributed by atoms with Crippen molar-refractivity contribution < 1.29 is 14.1 Å². The molecule has 0 saturated carbocycles. The Morgan fingerprint density at radius 1 is 1.23 bits per heavy atom. The largest absolute Gasteiger partial charge is 0.414 e. The summed E-state index contributed by atoms with van der Waals surface area (Å²) >= 11 is 14.0. The fourth-order valence-corrected chi connectivity index (χ4v) is 5.73. The number of likely N-dealkylation sites (tertiary alicyclic amines) is 1. The van der Waals surface area contributed by atoms with Crippen molar-refractivity contribution >= 4 is 51.5 Å². The summed E-state index contributed by atoms with van der Waals surface area (Å²) in [6.07, 6.45) is 1.33. The molecular weight excluding hydrogens is 507 g/mol. The SMILES string of the molecule is CC(C)N1CCC(NC(=O)Oc2cc3cccc(Cl)c3n2Cc2cc(-c3ccc(Cl)s3)on2)CC1. The van der Waals surface area contributed by atoms with Gasteiger partial charge in [-0.1, -0.05) is 40.5 Å². The molecule has 1 fully saturated rings. The lowest BCUT2D eigenvalue weighted by molar-refractivity contribution is 0.151. The molecule has 1 N–H and O–H groups in total. The molecule has 1 amide bonds. The van der Waals surface area contributed by atoms with Crippen LogP contribution in [0.15, 0.2) is 47.0 Å². The Bertz CT molecular complexity index is 1340. The first kappa shape index (κ1) is 24.2. The van der Waals surface area contributed by atoms with Gasteiger partial charge in [0.25, 0.3) is 0 Å². The zero-order valence-corrected chi connectivity index (χ0v) is 21.8. The highest BCUT2D eigenvalue weighted by Gasteiger charge is 2.24. The Labute approximate surface area is 217 Å². The predicted molar refractivity (Wildman–Crippen MR) is 140 cm³/mol. The number of benzene rings is 1. The maximum absolute atomic E-state index is 12.8. The van der Waals surface area contributed by atoms with Crippen LogP contribution in [0.25, 0.3) is 21.5 Å². The van der Waals surface area contributed by atoms with Crippen LogP contribution in [0.3, 0.4) is 0 Å². The van der Waals surface area contributed by atoms with Gasteiger partial charge >= 0.3 is 6.09 Å². The molecule has 5 rings (SSSR count). The number of nitrogens with one attached hydrogen (secondary N) is 1. The summed E-state index contributed by atoms with van der Waals surface area (Å²) in [5, 5.41) is 8.67. The van der Waals surface area contributed by atoms with E-state index >= 15 is 0 Å². The van der Waals surface area contributed by atoms with Gasteiger partial charge in [-0.2, -0.15) is 0 Å². The molecule has 1 saturated heterocycles. The number of fused-ring (bicyclic) bond motifs is 1. The fraction of sp³-hybridized carbons (Fsp3) is 0.360. The zero-order valence-electron chi connectivity index (χ0n) is 19.5. The zero-order chi connectivity index (χ0) is 24.5. The maximum Gasteiger partial charge on any atom is 0.414 e. The second kappa shape index (κ2) is 10.2. The number of hydrogen-bond donors (Lipinski definition) is 1. The van der Waals surface area contributed by atoms with Crippen LogP contribution in [0.5, 0.6) is 5.88 Å². The number of aromatic nitrogens is 2. The molecule has 4 heterocycles. The number of carbonyl (C=O) groups is 1. The highest BCUT2D eigenvalue weighted by Crippen LogP contribution is 2.34. The van der Waals surface area contributed by atoms with Gasteiger partial charge in [-0.3, -0.25) is 0 Å². The van der Waals surface area contributed by atoms with Gasteiger partial charge in [-0.15, -0.1) is 11.3 Å². The highest BCUT2D eigenvalue weighted by atomic mass is 35.5. The van der Waals surface area contributed by atoms with E-state index < -0.39 is 6.09 Å². The molecular formula is C25H26Cl2N4O3S. The Hall–Kier alpha value is -2.52. The molecule has 4 aromatic rings. The van der Waals surface area contributed by atoms with E-state index in [2.05, 4.69) is 29.2 Å². The Balaban J connectivity index is 1.35. The number of piperidine rings is 1. The first-order valence-corrected chi connectivity index (χ1v) is 13.2. The van der Waals surface area contributed by atoms with Crippen LogP contribution in [0.2, 0.25) is 9.36 Å². The van der Waals surface area contributed by atoms with E-state index in [9.17, 15) is 4.79 Å². The minimum atomic E-state index is -0.470. The van der Waals surface area contributed by atoms with E-state index in [0.29, 0.717) is 39.3 Å². The van der Waals surface area contributed by atoms with Crippen LogP contribution in [-0.4, -0.2) is 45.9 Å². The van der Waals surface area contributed by atoms with Crippen molar-refractivity contribution in [2.24, 2.45) is 0 Å². The Kier molecular flexibility index (Phi) is 7.07. The second-order valence-corrected chi connectivity index (χ2v) is 11.1. The van der Waals surface area contributed by atoms with Crippen molar-refractivity contribution in [3.05, 3.63) is 57.5 Å². The van der Waals surface area contributed by atoms with Crippen LogP contribution in [0.4, 0.5) is 4.79 Å². The van der Waals surface area contributed by atoms with Gasteiger partial charge in [0, 0.05) is 42.7 Å². The summed E-state index contributed by atoms with van der Waals surface area (Å²) in [5.41, 5.74) is 1.44. The highest BCUT2D eigenvalue weighted by molar-refractivity contribution is 7.19. The second-order valence-electron chi connectivity index (χ2n) is 8.97. The molecule has 0 atom stereocenters. The number of thiophene rings is 1. The minimum Gasteiger partial charge on any atom is -0.393 e. The summed E-state index contributed by atoms with van der Waals surface area (Å²) in [6, 6.07) is 13.6. The van der Waals surface area contributed by atoms with Gasteiger partial charge in [0.1, 0.15) is 5.69 Å². The third-order valence-electron chi connectivity index (χ3n) is 6.31. The summed E-state index contributed by atoms with van der Waals surface area (Å²) < 4.78 is 13.9. The smallest absolute Gasteiger partial charge is 0.393 e. The average molecular weight is 533 g/mol. The molecule has 0 radical (unpaired) electrons. The summed E-state index contributed by atoms with van der Waals surface area (Å²) in [6.45, 7) is 6.63. The standard InChI is InChI=1S/C25H26Cl2N4O3S/c1-15(2)30-10-8-17(9-11-30)28-25(32)33-23-12-16-4-3-5-19(26)24(16)31(23)14-18-13-20(34-29-18)21-6-7-22(27)35-21/h3-7,12-13,15,17H,8-11,14H2,1-2H3,(H,28,32). The molecule has 0 spiro atoms. The Morgan fingerprint density at radius 2 is 2.03 bits per heavy atom. The van der Waals surface area contributed by atoms with E-state index in [4.69, 9.17) is 32.5 Å². The van der Waals surface area contributed by atoms with Crippen LogP contribution in [0.1, 0.15) is 32.4 Å². The van der Waals surface area contributed by atoms with Crippen molar-refractivity contribution in [1.29, 1.82) is 0 Å². The molecule has 1 aliphatic heterocycles. The summed E-state index contributed by atoms with van der Waals surface area (Å²) in [7, 11) is 0. The van der Waals surface area contributed by atoms with Crippen LogP contribution < -0.4 is 10.1 Å². The van der Waals surface area contributed by atoms with E-state index in [1.807, 2.05) is 47.0 Å². The average Bonchev–Trinajstić information content (AvgIpc) is 3.54. The summed E-state index contributed by atoms with van der Waals surface area (Å²) in [4.78, 5) is 16.1. The van der Waals surface area contributed by atoms with Crippen molar-refractivity contribution in [2.45, 2.75) is 45.3 Å². The maximum atomic E-state index is 12.8. The minimum absolute atomic E-state index is 0.0923. The topological polar surface area (TPSA) is 72.5 Å². The quantitative estimate of drug-likeness (QED) is 0.300. The van der Waals surface area contributed by atoms with Crippen molar-refractivity contribution in [1.82, 2.24) is 19.9 Å². The molecule has 0 bridgehead atoms. The molecule has 35 heavy (non-hydrogen) atoms. The van der Waals surface area contributed by atoms with Gasteiger partial charge < -0.3 is 24.0 Å². The molecule has 7 nitrogen and oxygen atoms in total. The van der Waals surface area contributed by atoms with Gasteiger partial charge in [0.2, 0.25) is 5.88 Å². The lowest BCUT2D eigenvalue weighted by Gasteiger charge is -2.34. The van der Waals surface area contributed by atoms with Crippen molar-refractivity contribution in [3.8, 4) is 16.5 Å². The lowest BCUT2D eigenvalue weighted by Crippen LogP contribution is -2.47. The lowest BCUT2D eigenvalue weighted by atomic mass is 10.0. The van der Waals surface area contributed by atoms with Crippen LogP contribution in [-0.2, 0) is 6.54 Å². The monoisotopic (exact) mass is 532 g/mol. The number of halogens is 2. The number of hydrogen-bond acceptors (Lipinski definition) is 6. The third-order valence-corrected chi connectivity index (χ3v) is 7.86. The number of amides is 1. The molecule has 1 aromatic carbocycles. The molecule has 0 unspecified atom stereocenters. The molecule has 184 valence electrons. The van der Waals surface area contributed by atoms with Gasteiger partial charge in [0.15, 0.2) is 5.76 Å².